The quantitative estimate of drug-likeness (QED) is 0.570. The van der Waals surface area contributed by atoms with Gasteiger partial charge >= 0.3 is 11.9 Å². The predicted octanol–water partition coefficient (Wildman–Crippen LogP) is 3.47. The fraction of sp³-hybridized carbons (Fsp3) is 0.273. The van der Waals surface area contributed by atoms with Crippen LogP contribution in [0.2, 0.25) is 0 Å². The summed E-state index contributed by atoms with van der Waals surface area (Å²) in [5.41, 5.74) is 2.40. The lowest BCUT2D eigenvalue weighted by Crippen LogP contribution is -2.10. The molecule has 2 rings (SSSR count). The molecule has 142 valence electrons. The lowest BCUT2D eigenvalue weighted by Gasteiger charge is -2.13. The van der Waals surface area contributed by atoms with Gasteiger partial charge in [0, 0.05) is 12.5 Å². The van der Waals surface area contributed by atoms with Crippen molar-refractivity contribution < 1.29 is 24.2 Å². The zero-order valence-corrected chi connectivity index (χ0v) is 15.6. The first-order valence-corrected chi connectivity index (χ1v) is 8.93. The average molecular weight is 368 g/mol. The van der Waals surface area contributed by atoms with Crippen molar-refractivity contribution in [3.63, 3.8) is 0 Å². The highest BCUT2D eigenvalue weighted by Gasteiger charge is 2.17. The molecule has 0 bridgehead atoms. The summed E-state index contributed by atoms with van der Waals surface area (Å²) in [6.45, 7) is 3.81. The number of benzene rings is 2. The highest BCUT2D eigenvalue weighted by atomic mass is 16.5. The van der Waals surface area contributed by atoms with Gasteiger partial charge in [0.2, 0.25) is 0 Å². The number of hydrogen-bond donors (Lipinski definition) is 1. The van der Waals surface area contributed by atoms with Gasteiger partial charge in [0.25, 0.3) is 0 Å². The van der Waals surface area contributed by atoms with Crippen LogP contribution in [0, 0.1) is 0 Å². The van der Waals surface area contributed by atoms with Gasteiger partial charge in [0.1, 0.15) is 0 Å². The van der Waals surface area contributed by atoms with Crippen molar-refractivity contribution in [3.8, 4) is 0 Å². The van der Waals surface area contributed by atoms with E-state index in [9.17, 15) is 14.7 Å². The molecule has 0 aliphatic rings. The van der Waals surface area contributed by atoms with Gasteiger partial charge in [-0.2, -0.15) is 0 Å². The Labute approximate surface area is 159 Å². The van der Waals surface area contributed by atoms with Gasteiger partial charge < -0.3 is 14.6 Å². The van der Waals surface area contributed by atoms with Crippen LogP contribution in [0.5, 0.6) is 0 Å². The Kier molecular flexibility index (Phi) is 7.77. The van der Waals surface area contributed by atoms with Crippen LogP contribution in [0.15, 0.2) is 60.7 Å². The molecule has 0 heterocycles. The zero-order chi connectivity index (χ0) is 19.6. The van der Waals surface area contributed by atoms with E-state index < -0.39 is 18.0 Å². The molecule has 0 aliphatic heterocycles. The highest BCUT2D eigenvalue weighted by molar-refractivity contribution is 6.20. The molecule has 2 aromatic rings. The van der Waals surface area contributed by atoms with Crippen LogP contribution in [0.4, 0.5) is 0 Å². The van der Waals surface area contributed by atoms with Crippen molar-refractivity contribution in [2.24, 2.45) is 0 Å². The maximum atomic E-state index is 12.2. The molecule has 0 aliphatic carbocycles. The minimum Gasteiger partial charge on any atom is -0.463 e. The van der Waals surface area contributed by atoms with E-state index in [2.05, 4.69) is 0 Å². The van der Waals surface area contributed by atoms with E-state index in [1.807, 2.05) is 30.3 Å². The fourth-order valence-electron chi connectivity index (χ4n) is 2.61. The van der Waals surface area contributed by atoms with Gasteiger partial charge in [-0.05, 0) is 30.5 Å². The Balaban J connectivity index is 2.20. The van der Waals surface area contributed by atoms with Crippen molar-refractivity contribution >= 4 is 17.5 Å². The van der Waals surface area contributed by atoms with Crippen LogP contribution in [0.1, 0.15) is 36.6 Å². The van der Waals surface area contributed by atoms with E-state index in [0.29, 0.717) is 12.0 Å². The van der Waals surface area contributed by atoms with Gasteiger partial charge in [0.05, 0.1) is 24.9 Å². The molecule has 5 heteroatoms. The van der Waals surface area contributed by atoms with E-state index in [-0.39, 0.29) is 18.8 Å². The average Bonchev–Trinajstić information content (AvgIpc) is 2.67. The largest absolute Gasteiger partial charge is 0.463 e. The molecular formula is C22H24O5. The number of hydrogen-bond acceptors (Lipinski definition) is 5. The maximum Gasteiger partial charge on any atom is 0.338 e. The van der Waals surface area contributed by atoms with Crippen LogP contribution < -0.4 is 0 Å². The third-order valence-corrected chi connectivity index (χ3v) is 3.92. The standard InChI is InChI=1S/C22H24O5/c1-3-26-21(24)15-19(22(25)27-4-2)17-10-12-18(13-11-17)20(23)14-16-8-6-5-7-9-16/h5-13,15,20,23H,3-4,14H2,1-2H3/b19-15-/t20-/m0/s1. The predicted molar refractivity (Wildman–Crippen MR) is 103 cm³/mol. The van der Waals surface area contributed by atoms with E-state index in [0.717, 1.165) is 17.2 Å². The Morgan fingerprint density at radius 3 is 2.19 bits per heavy atom. The lowest BCUT2D eigenvalue weighted by molar-refractivity contribution is -0.139. The number of aliphatic hydroxyl groups excluding tert-OH is 1. The molecule has 0 amide bonds. The van der Waals surface area contributed by atoms with E-state index >= 15 is 0 Å². The lowest BCUT2D eigenvalue weighted by atomic mass is 9.98. The van der Waals surface area contributed by atoms with Crippen molar-refractivity contribution in [1.82, 2.24) is 0 Å². The summed E-state index contributed by atoms with van der Waals surface area (Å²) in [7, 11) is 0. The first-order chi connectivity index (χ1) is 13.0. The topological polar surface area (TPSA) is 72.8 Å². The summed E-state index contributed by atoms with van der Waals surface area (Å²) in [4.78, 5) is 24.0. The molecule has 0 unspecified atom stereocenters. The number of ether oxygens (including phenoxy) is 2. The Hall–Kier alpha value is -2.92. The van der Waals surface area contributed by atoms with Crippen molar-refractivity contribution in [2.45, 2.75) is 26.4 Å². The van der Waals surface area contributed by atoms with E-state index in [1.165, 1.54) is 0 Å². The minimum atomic E-state index is -0.665. The molecule has 0 radical (unpaired) electrons. The monoisotopic (exact) mass is 368 g/mol. The highest BCUT2D eigenvalue weighted by Crippen LogP contribution is 2.22. The number of carbonyl (C=O) groups excluding carboxylic acids is 2. The summed E-state index contributed by atoms with van der Waals surface area (Å²) < 4.78 is 9.92. The van der Waals surface area contributed by atoms with Gasteiger partial charge in [0.15, 0.2) is 0 Å². The molecule has 2 aromatic carbocycles. The molecule has 0 saturated heterocycles. The first-order valence-electron chi connectivity index (χ1n) is 8.93. The molecule has 0 saturated carbocycles. The molecule has 1 atom stereocenters. The Bertz CT molecular complexity index is 778. The number of carbonyl (C=O) groups is 2. The van der Waals surface area contributed by atoms with Gasteiger partial charge in [-0.25, -0.2) is 9.59 Å². The van der Waals surface area contributed by atoms with Crippen molar-refractivity contribution in [2.75, 3.05) is 13.2 Å². The van der Waals surface area contributed by atoms with Gasteiger partial charge in [-0.15, -0.1) is 0 Å². The summed E-state index contributed by atoms with van der Waals surface area (Å²) in [5, 5.41) is 10.4. The molecule has 27 heavy (non-hydrogen) atoms. The Morgan fingerprint density at radius 1 is 0.963 bits per heavy atom. The Morgan fingerprint density at radius 2 is 1.59 bits per heavy atom. The maximum absolute atomic E-state index is 12.2. The summed E-state index contributed by atoms with van der Waals surface area (Å²) in [6.07, 6.45) is 0.960. The third kappa shape index (κ3) is 6.08. The van der Waals surface area contributed by atoms with Crippen molar-refractivity contribution in [1.29, 1.82) is 0 Å². The third-order valence-electron chi connectivity index (χ3n) is 3.92. The summed E-state index contributed by atoms with van der Waals surface area (Å²) in [5.74, 6) is -1.20. The van der Waals surface area contributed by atoms with Gasteiger partial charge in [-0.1, -0.05) is 54.6 Å². The van der Waals surface area contributed by atoms with Crippen LogP contribution >= 0.6 is 0 Å². The van der Waals surface area contributed by atoms with Crippen LogP contribution in [-0.2, 0) is 25.5 Å². The molecule has 1 N–H and O–H groups in total. The second-order valence-corrected chi connectivity index (χ2v) is 5.86. The number of esters is 2. The summed E-state index contributed by atoms with van der Waals surface area (Å²) in [6, 6.07) is 16.5. The second kappa shape index (κ2) is 10.3. The summed E-state index contributed by atoms with van der Waals surface area (Å²) >= 11 is 0. The zero-order valence-electron chi connectivity index (χ0n) is 15.6. The SMILES string of the molecule is CCOC(=O)/C=C(\C(=O)OCC)c1ccc([C@@H](O)Cc2ccccc2)cc1. The van der Waals surface area contributed by atoms with Crippen LogP contribution in [0.25, 0.3) is 5.57 Å². The fourth-order valence-corrected chi connectivity index (χ4v) is 2.61. The number of aliphatic hydroxyl groups is 1. The van der Waals surface area contributed by atoms with E-state index in [1.54, 1.807) is 38.1 Å². The second-order valence-electron chi connectivity index (χ2n) is 5.86. The molecule has 5 nitrogen and oxygen atoms in total. The molecule has 0 fully saturated rings. The molecular weight excluding hydrogens is 344 g/mol. The normalized spacial score (nSPS) is 12.3. The molecule has 0 aromatic heterocycles. The van der Waals surface area contributed by atoms with Gasteiger partial charge in [-0.3, -0.25) is 0 Å². The smallest absolute Gasteiger partial charge is 0.338 e. The van der Waals surface area contributed by atoms with E-state index in [4.69, 9.17) is 9.47 Å². The minimum absolute atomic E-state index is 0.124. The van der Waals surface area contributed by atoms with Crippen LogP contribution in [-0.4, -0.2) is 30.3 Å². The number of rotatable bonds is 8. The molecule has 0 spiro atoms. The first kappa shape index (κ1) is 20.4. The van der Waals surface area contributed by atoms with Crippen LogP contribution in [0.3, 0.4) is 0 Å². The van der Waals surface area contributed by atoms with Crippen molar-refractivity contribution in [3.05, 3.63) is 77.4 Å².